The van der Waals surface area contributed by atoms with Crippen LogP contribution in [0.5, 0.6) is 0 Å². The molecule has 1 aromatic heterocycles. The Balaban J connectivity index is 1.70. The maximum atomic E-state index is 12.4. The highest BCUT2D eigenvalue weighted by Gasteiger charge is 2.44. The monoisotopic (exact) mass is 366 g/mol. The van der Waals surface area contributed by atoms with Crippen molar-refractivity contribution >= 4 is 34.0 Å². The maximum Gasteiger partial charge on any atom is 0.294 e. The van der Waals surface area contributed by atoms with E-state index >= 15 is 0 Å². The van der Waals surface area contributed by atoms with E-state index in [0.717, 1.165) is 18.4 Å². The Bertz CT molecular complexity index is 1050. The summed E-state index contributed by atoms with van der Waals surface area (Å²) in [7, 11) is 0. The fourth-order valence-electron chi connectivity index (χ4n) is 3.23. The van der Waals surface area contributed by atoms with Gasteiger partial charge in [0.25, 0.3) is 5.69 Å². The second kappa shape index (κ2) is 6.11. The van der Waals surface area contributed by atoms with Gasteiger partial charge in [-0.1, -0.05) is 29.8 Å². The molecule has 0 aliphatic heterocycles. The molecule has 2 aromatic carbocycles. The van der Waals surface area contributed by atoms with Crippen molar-refractivity contribution in [2.24, 2.45) is 0 Å². The number of carbonyl (C=O) groups excluding carboxylic acids is 1. The Labute approximate surface area is 154 Å². The van der Waals surface area contributed by atoms with Crippen molar-refractivity contribution in [1.29, 1.82) is 0 Å². The molecule has 0 spiro atoms. The van der Waals surface area contributed by atoms with Gasteiger partial charge in [-0.05, 0) is 55.3 Å². The number of nitro groups is 1. The molecule has 1 saturated carbocycles. The normalized spacial score (nSPS) is 15.4. The lowest BCUT2D eigenvalue weighted by Gasteiger charge is -2.14. The SMILES string of the molecule is O=C(/C=C/C1(n2cc([N+](=O)[O-])c3ccccc32)CC1)c1ccc(Cl)cc1. The Morgan fingerprint density at radius 3 is 2.50 bits per heavy atom. The quantitative estimate of drug-likeness (QED) is 0.272. The third kappa shape index (κ3) is 2.80. The molecule has 1 aliphatic carbocycles. The molecular formula is C20H15ClN2O3. The zero-order valence-electron chi connectivity index (χ0n) is 13.8. The Morgan fingerprint density at radius 2 is 1.85 bits per heavy atom. The molecule has 0 amide bonds. The number of benzene rings is 2. The largest absolute Gasteiger partial charge is 0.331 e. The summed E-state index contributed by atoms with van der Waals surface area (Å²) in [4.78, 5) is 23.4. The average molecular weight is 367 g/mol. The maximum absolute atomic E-state index is 12.4. The smallest absolute Gasteiger partial charge is 0.294 e. The molecule has 0 saturated heterocycles. The van der Waals surface area contributed by atoms with Crippen LogP contribution in [0.1, 0.15) is 23.2 Å². The number of ketones is 1. The Morgan fingerprint density at radius 1 is 1.15 bits per heavy atom. The van der Waals surface area contributed by atoms with E-state index < -0.39 is 0 Å². The molecule has 0 atom stereocenters. The zero-order valence-corrected chi connectivity index (χ0v) is 14.5. The first-order valence-electron chi connectivity index (χ1n) is 8.24. The highest BCUT2D eigenvalue weighted by Crippen LogP contribution is 2.48. The molecule has 5 nitrogen and oxygen atoms in total. The summed E-state index contributed by atoms with van der Waals surface area (Å²) in [5.41, 5.74) is 1.07. The molecule has 26 heavy (non-hydrogen) atoms. The fraction of sp³-hybridized carbons (Fsp3) is 0.150. The van der Waals surface area contributed by atoms with Crippen LogP contribution < -0.4 is 0 Å². The van der Waals surface area contributed by atoms with Gasteiger partial charge < -0.3 is 4.57 Å². The molecule has 0 radical (unpaired) electrons. The summed E-state index contributed by atoms with van der Waals surface area (Å²) in [6.45, 7) is 0. The van der Waals surface area contributed by atoms with Gasteiger partial charge in [-0.2, -0.15) is 0 Å². The van der Waals surface area contributed by atoms with E-state index in [9.17, 15) is 14.9 Å². The van der Waals surface area contributed by atoms with E-state index in [-0.39, 0.29) is 21.9 Å². The molecule has 3 aromatic rings. The lowest BCUT2D eigenvalue weighted by atomic mass is 10.1. The van der Waals surface area contributed by atoms with Crippen LogP contribution in [0.25, 0.3) is 10.9 Å². The van der Waals surface area contributed by atoms with Crippen LogP contribution in [0, 0.1) is 10.1 Å². The number of rotatable bonds is 5. The summed E-state index contributed by atoms with van der Waals surface area (Å²) in [5.74, 6) is -0.112. The summed E-state index contributed by atoms with van der Waals surface area (Å²) >= 11 is 5.85. The number of fused-ring (bicyclic) bond motifs is 1. The first kappa shape index (κ1) is 16.5. The van der Waals surface area contributed by atoms with Gasteiger partial charge in [0.2, 0.25) is 0 Å². The Hall–Kier alpha value is -2.92. The molecule has 0 N–H and O–H groups in total. The number of hydrogen-bond donors (Lipinski definition) is 0. The second-order valence-electron chi connectivity index (χ2n) is 6.47. The van der Waals surface area contributed by atoms with Gasteiger partial charge in [-0.25, -0.2) is 0 Å². The molecule has 4 rings (SSSR count). The molecule has 0 bridgehead atoms. The molecule has 1 aliphatic rings. The summed E-state index contributed by atoms with van der Waals surface area (Å²) < 4.78 is 1.92. The molecule has 6 heteroatoms. The van der Waals surface area contributed by atoms with E-state index in [2.05, 4.69) is 0 Å². The highest BCUT2D eigenvalue weighted by atomic mass is 35.5. The van der Waals surface area contributed by atoms with Crippen LogP contribution in [0.3, 0.4) is 0 Å². The third-order valence-electron chi connectivity index (χ3n) is 4.80. The summed E-state index contributed by atoms with van der Waals surface area (Å²) in [6.07, 6.45) is 6.67. The first-order chi connectivity index (χ1) is 12.5. The molecule has 1 fully saturated rings. The van der Waals surface area contributed by atoms with E-state index in [1.165, 1.54) is 0 Å². The third-order valence-corrected chi connectivity index (χ3v) is 5.06. The van der Waals surface area contributed by atoms with Gasteiger partial charge in [-0.15, -0.1) is 0 Å². The van der Waals surface area contributed by atoms with Crippen molar-refractivity contribution in [2.75, 3.05) is 0 Å². The number of hydrogen-bond acceptors (Lipinski definition) is 3. The Kier molecular flexibility index (Phi) is 3.89. The van der Waals surface area contributed by atoms with E-state index in [0.29, 0.717) is 16.0 Å². The number of halogens is 1. The topological polar surface area (TPSA) is 65.1 Å². The van der Waals surface area contributed by atoms with Gasteiger partial charge >= 0.3 is 0 Å². The summed E-state index contributed by atoms with van der Waals surface area (Å²) in [5, 5.41) is 12.6. The van der Waals surface area contributed by atoms with Crippen molar-refractivity contribution in [3.05, 3.63) is 87.6 Å². The minimum Gasteiger partial charge on any atom is -0.331 e. The molecular weight excluding hydrogens is 352 g/mol. The minimum absolute atomic E-state index is 0.0873. The van der Waals surface area contributed by atoms with Gasteiger partial charge in [-0.3, -0.25) is 14.9 Å². The van der Waals surface area contributed by atoms with Crippen LogP contribution in [0.2, 0.25) is 5.02 Å². The van der Waals surface area contributed by atoms with Crippen LogP contribution in [-0.2, 0) is 5.54 Å². The van der Waals surface area contributed by atoms with Gasteiger partial charge in [0.15, 0.2) is 5.78 Å². The molecule has 1 heterocycles. The van der Waals surface area contributed by atoms with E-state index in [4.69, 9.17) is 11.6 Å². The van der Waals surface area contributed by atoms with Gasteiger partial charge in [0, 0.05) is 10.6 Å². The van der Waals surface area contributed by atoms with E-state index in [1.807, 2.05) is 22.8 Å². The predicted octanol–water partition coefficient (Wildman–Crippen LogP) is 5.13. The van der Waals surface area contributed by atoms with Crippen molar-refractivity contribution < 1.29 is 9.72 Å². The van der Waals surface area contributed by atoms with Crippen molar-refractivity contribution in [1.82, 2.24) is 4.57 Å². The number of nitrogens with zero attached hydrogens (tertiary/aromatic N) is 2. The van der Waals surface area contributed by atoms with Crippen molar-refractivity contribution in [3.8, 4) is 0 Å². The molecule has 130 valence electrons. The van der Waals surface area contributed by atoms with Gasteiger partial charge in [0.05, 0.1) is 27.6 Å². The average Bonchev–Trinajstić information content (AvgIpc) is 3.32. The van der Waals surface area contributed by atoms with E-state index in [1.54, 1.807) is 48.7 Å². The number of carbonyl (C=O) groups is 1. The predicted molar refractivity (Wildman–Crippen MR) is 101 cm³/mol. The van der Waals surface area contributed by atoms with Crippen LogP contribution >= 0.6 is 11.6 Å². The minimum atomic E-state index is -0.379. The fourth-order valence-corrected chi connectivity index (χ4v) is 3.36. The molecule has 0 unspecified atom stereocenters. The van der Waals surface area contributed by atoms with Gasteiger partial charge in [0.1, 0.15) is 0 Å². The highest BCUT2D eigenvalue weighted by molar-refractivity contribution is 6.30. The van der Waals surface area contributed by atoms with Crippen LogP contribution in [-0.4, -0.2) is 15.3 Å². The zero-order chi connectivity index (χ0) is 18.3. The standard InChI is InChI=1S/C20H15ClN2O3/c21-15-7-5-14(6-8-15)19(24)9-10-20(11-12-20)22-13-18(23(25)26)16-3-1-2-4-17(16)22/h1-10,13H,11-12H2/b10-9+. The number of aromatic nitrogens is 1. The second-order valence-corrected chi connectivity index (χ2v) is 6.90. The first-order valence-corrected chi connectivity index (χ1v) is 8.62. The lowest BCUT2D eigenvalue weighted by molar-refractivity contribution is -0.383. The number of allylic oxidation sites excluding steroid dienone is 2. The van der Waals surface area contributed by atoms with Crippen molar-refractivity contribution in [2.45, 2.75) is 18.4 Å². The van der Waals surface area contributed by atoms with Crippen LogP contribution in [0.15, 0.2) is 66.9 Å². The van der Waals surface area contributed by atoms with Crippen LogP contribution in [0.4, 0.5) is 5.69 Å². The van der Waals surface area contributed by atoms with Crippen molar-refractivity contribution in [3.63, 3.8) is 0 Å². The lowest BCUT2D eigenvalue weighted by Crippen LogP contribution is -2.13. The summed E-state index contributed by atoms with van der Waals surface area (Å²) in [6, 6.07) is 14.0. The number of para-hydroxylation sites is 1.